The molecule has 1 aliphatic rings. The number of hydrogen-bond acceptors (Lipinski definition) is 3. The van der Waals surface area contributed by atoms with E-state index in [1.54, 1.807) is 0 Å². The third-order valence-corrected chi connectivity index (χ3v) is 4.59. The summed E-state index contributed by atoms with van der Waals surface area (Å²) in [7, 11) is 0. The normalized spacial score (nSPS) is 16.6. The molecule has 1 fully saturated rings. The summed E-state index contributed by atoms with van der Waals surface area (Å²) in [6, 6.07) is 14.3. The molecule has 4 nitrogen and oxygen atoms in total. The van der Waals surface area contributed by atoms with Crippen molar-refractivity contribution < 1.29 is 9.90 Å². The van der Waals surface area contributed by atoms with Crippen molar-refractivity contribution in [3.05, 3.63) is 42.5 Å². The molecule has 2 aromatic rings. The number of benzene rings is 2. The fraction of sp³-hybridized carbons (Fsp3) is 0.421. The molecule has 1 saturated heterocycles. The maximum atomic E-state index is 12.8. The smallest absolute Gasteiger partial charge is 0.241 e. The van der Waals surface area contributed by atoms with Gasteiger partial charge in [-0.15, -0.1) is 0 Å². The Labute approximate surface area is 137 Å². The summed E-state index contributed by atoms with van der Waals surface area (Å²) in [5.74, 6) is 0.125. The van der Waals surface area contributed by atoms with Crippen molar-refractivity contribution in [1.29, 1.82) is 0 Å². The molecule has 0 saturated carbocycles. The summed E-state index contributed by atoms with van der Waals surface area (Å²) in [5.41, 5.74) is 0.979. The Morgan fingerprint density at radius 3 is 2.61 bits per heavy atom. The molecular formula is C19H24N2O2. The zero-order chi connectivity index (χ0) is 16.2. The Morgan fingerprint density at radius 1 is 1.17 bits per heavy atom. The lowest BCUT2D eigenvalue weighted by Gasteiger charge is -2.31. The van der Waals surface area contributed by atoms with Crippen LogP contribution in [-0.2, 0) is 4.79 Å². The van der Waals surface area contributed by atoms with Gasteiger partial charge in [0, 0.05) is 25.0 Å². The molecule has 0 aliphatic carbocycles. The number of hydrogen-bond donors (Lipinski definition) is 1. The number of rotatable bonds is 4. The van der Waals surface area contributed by atoms with Gasteiger partial charge in [-0.05, 0) is 31.2 Å². The van der Waals surface area contributed by atoms with Crippen LogP contribution in [0.15, 0.2) is 42.5 Å². The minimum atomic E-state index is -0.207. The first kappa shape index (κ1) is 16.0. The van der Waals surface area contributed by atoms with Crippen molar-refractivity contribution in [2.24, 2.45) is 0 Å². The standard InChI is InChI=1S/C19H24N2O2/c1-2-21(19(23)14-20-12-10-16(22)11-13-20)18-9-5-7-15-6-3-4-8-17(15)18/h3-9,16,22H,2,10-14H2,1H3. The van der Waals surface area contributed by atoms with Crippen molar-refractivity contribution in [2.75, 3.05) is 31.1 Å². The van der Waals surface area contributed by atoms with E-state index in [9.17, 15) is 9.90 Å². The van der Waals surface area contributed by atoms with Crippen LogP contribution < -0.4 is 4.90 Å². The van der Waals surface area contributed by atoms with E-state index in [1.165, 1.54) is 0 Å². The Hall–Kier alpha value is -1.91. The minimum absolute atomic E-state index is 0.125. The van der Waals surface area contributed by atoms with Gasteiger partial charge in [-0.2, -0.15) is 0 Å². The van der Waals surface area contributed by atoms with Crippen molar-refractivity contribution in [3.63, 3.8) is 0 Å². The highest BCUT2D eigenvalue weighted by Crippen LogP contribution is 2.27. The third-order valence-electron chi connectivity index (χ3n) is 4.59. The van der Waals surface area contributed by atoms with Crippen molar-refractivity contribution in [2.45, 2.75) is 25.9 Å². The molecule has 1 N–H and O–H groups in total. The van der Waals surface area contributed by atoms with Gasteiger partial charge in [-0.3, -0.25) is 9.69 Å². The second kappa shape index (κ2) is 7.11. The summed E-state index contributed by atoms with van der Waals surface area (Å²) < 4.78 is 0. The fourth-order valence-electron chi connectivity index (χ4n) is 3.28. The molecule has 0 unspecified atom stereocenters. The van der Waals surface area contributed by atoms with Gasteiger partial charge in [-0.1, -0.05) is 36.4 Å². The lowest BCUT2D eigenvalue weighted by molar-refractivity contribution is -0.120. The van der Waals surface area contributed by atoms with E-state index in [4.69, 9.17) is 0 Å². The number of anilines is 1. The molecule has 1 aliphatic heterocycles. The van der Waals surface area contributed by atoms with Gasteiger partial charge < -0.3 is 10.0 Å². The van der Waals surface area contributed by atoms with Gasteiger partial charge in [0.1, 0.15) is 0 Å². The molecule has 23 heavy (non-hydrogen) atoms. The van der Waals surface area contributed by atoms with Gasteiger partial charge >= 0.3 is 0 Å². The lowest BCUT2D eigenvalue weighted by atomic mass is 10.1. The number of likely N-dealkylation sites (N-methyl/N-ethyl adjacent to an activating group) is 1. The fourth-order valence-corrected chi connectivity index (χ4v) is 3.28. The molecule has 0 atom stereocenters. The van der Waals surface area contributed by atoms with Crippen LogP contribution in [0.2, 0.25) is 0 Å². The van der Waals surface area contributed by atoms with Gasteiger partial charge in [0.25, 0.3) is 0 Å². The first-order chi connectivity index (χ1) is 11.2. The van der Waals surface area contributed by atoms with Gasteiger partial charge in [0.15, 0.2) is 0 Å². The molecule has 1 amide bonds. The van der Waals surface area contributed by atoms with Crippen LogP contribution in [-0.4, -0.2) is 48.2 Å². The van der Waals surface area contributed by atoms with Gasteiger partial charge in [0.05, 0.1) is 18.3 Å². The molecule has 122 valence electrons. The number of likely N-dealkylation sites (tertiary alicyclic amines) is 1. The van der Waals surface area contributed by atoms with Crippen LogP contribution in [0.25, 0.3) is 10.8 Å². The number of aliphatic hydroxyl groups excluding tert-OH is 1. The summed E-state index contributed by atoms with van der Waals surface area (Å²) in [5, 5.41) is 11.9. The number of fused-ring (bicyclic) bond motifs is 1. The van der Waals surface area contributed by atoms with Crippen molar-refractivity contribution in [1.82, 2.24) is 4.90 Å². The number of nitrogens with zero attached hydrogens (tertiary/aromatic N) is 2. The number of carbonyl (C=O) groups is 1. The van der Waals surface area contributed by atoms with Crippen LogP contribution in [0.5, 0.6) is 0 Å². The van der Waals surface area contributed by atoms with E-state index in [1.807, 2.05) is 36.1 Å². The molecule has 2 aromatic carbocycles. The van der Waals surface area contributed by atoms with E-state index in [2.05, 4.69) is 23.1 Å². The Kier molecular flexibility index (Phi) is 4.94. The second-order valence-corrected chi connectivity index (χ2v) is 6.14. The number of piperidine rings is 1. The molecule has 0 aromatic heterocycles. The SMILES string of the molecule is CCN(C(=O)CN1CCC(O)CC1)c1cccc2ccccc12. The molecule has 0 bridgehead atoms. The summed E-state index contributed by atoms with van der Waals surface area (Å²) in [4.78, 5) is 16.8. The van der Waals surface area contributed by atoms with E-state index >= 15 is 0 Å². The molecule has 3 rings (SSSR count). The molecular weight excluding hydrogens is 288 g/mol. The first-order valence-electron chi connectivity index (χ1n) is 8.37. The van der Waals surface area contributed by atoms with E-state index in [-0.39, 0.29) is 12.0 Å². The predicted octanol–water partition coefficient (Wildman–Crippen LogP) is 2.65. The quantitative estimate of drug-likeness (QED) is 0.944. The number of carbonyl (C=O) groups excluding carboxylic acids is 1. The Morgan fingerprint density at radius 2 is 1.87 bits per heavy atom. The topological polar surface area (TPSA) is 43.8 Å². The average molecular weight is 312 g/mol. The molecule has 0 spiro atoms. The third kappa shape index (κ3) is 3.54. The Bertz CT molecular complexity index is 673. The zero-order valence-electron chi connectivity index (χ0n) is 13.6. The van der Waals surface area contributed by atoms with Crippen LogP contribution in [0.1, 0.15) is 19.8 Å². The summed E-state index contributed by atoms with van der Waals surface area (Å²) >= 11 is 0. The minimum Gasteiger partial charge on any atom is -0.393 e. The predicted molar refractivity (Wildman–Crippen MR) is 93.7 cm³/mol. The van der Waals surface area contributed by atoms with E-state index in [0.717, 1.165) is 42.4 Å². The van der Waals surface area contributed by atoms with Crippen LogP contribution in [0, 0.1) is 0 Å². The highest BCUT2D eigenvalue weighted by molar-refractivity contribution is 6.04. The largest absolute Gasteiger partial charge is 0.393 e. The summed E-state index contributed by atoms with van der Waals surface area (Å²) in [6.07, 6.45) is 1.31. The zero-order valence-corrected chi connectivity index (χ0v) is 13.6. The van der Waals surface area contributed by atoms with E-state index in [0.29, 0.717) is 13.1 Å². The average Bonchev–Trinajstić information content (AvgIpc) is 2.58. The monoisotopic (exact) mass is 312 g/mol. The molecule has 4 heteroatoms. The first-order valence-corrected chi connectivity index (χ1v) is 8.37. The highest BCUT2D eigenvalue weighted by atomic mass is 16.3. The van der Waals surface area contributed by atoms with Gasteiger partial charge in [-0.25, -0.2) is 0 Å². The van der Waals surface area contributed by atoms with Crippen molar-refractivity contribution >= 4 is 22.4 Å². The van der Waals surface area contributed by atoms with Crippen LogP contribution in [0.3, 0.4) is 0 Å². The summed E-state index contributed by atoms with van der Waals surface area (Å²) in [6.45, 7) is 4.67. The molecule has 1 heterocycles. The Balaban J connectivity index is 1.79. The second-order valence-electron chi connectivity index (χ2n) is 6.14. The van der Waals surface area contributed by atoms with Gasteiger partial charge in [0.2, 0.25) is 5.91 Å². The highest BCUT2D eigenvalue weighted by Gasteiger charge is 2.22. The van der Waals surface area contributed by atoms with Crippen LogP contribution in [0.4, 0.5) is 5.69 Å². The van der Waals surface area contributed by atoms with E-state index < -0.39 is 0 Å². The van der Waals surface area contributed by atoms with Crippen molar-refractivity contribution in [3.8, 4) is 0 Å². The maximum absolute atomic E-state index is 12.8. The number of aliphatic hydroxyl groups is 1. The van der Waals surface area contributed by atoms with Crippen LogP contribution >= 0.6 is 0 Å². The number of amides is 1. The lowest BCUT2D eigenvalue weighted by Crippen LogP contribution is -2.44. The molecule has 0 radical (unpaired) electrons. The maximum Gasteiger partial charge on any atom is 0.241 e.